The first-order valence-corrected chi connectivity index (χ1v) is 8.88. The summed E-state index contributed by atoms with van der Waals surface area (Å²) in [6.07, 6.45) is 7.39. The second kappa shape index (κ2) is 9.04. The Bertz CT molecular complexity index is 481. The van der Waals surface area contributed by atoms with Crippen molar-refractivity contribution in [1.29, 1.82) is 0 Å². The van der Waals surface area contributed by atoms with Crippen molar-refractivity contribution < 1.29 is 9.90 Å². The molecule has 1 aromatic rings. The van der Waals surface area contributed by atoms with Gasteiger partial charge >= 0.3 is 0 Å². The molecule has 1 fully saturated rings. The number of nitrogens with zero attached hydrogens (tertiary/aromatic N) is 1. The standard InChI is InChI=1S/C19H30N2O2/c1-3-19(23)20-16-11-9-15(10-12-16)18(22)13-14-21(2)17-7-5-4-6-8-17/h9-12,17-18,22H,3-8,13-14H2,1-2H3,(H,20,23). The molecule has 0 aliphatic heterocycles. The van der Waals surface area contributed by atoms with Gasteiger partial charge in [0.25, 0.3) is 0 Å². The quantitative estimate of drug-likeness (QED) is 0.805. The van der Waals surface area contributed by atoms with E-state index in [1.165, 1.54) is 32.1 Å². The van der Waals surface area contributed by atoms with Crippen LogP contribution >= 0.6 is 0 Å². The Morgan fingerprint density at radius 1 is 1.26 bits per heavy atom. The lowest BCUT2D eigenvalue weighted by atomic mass is 9.94. The van der Waals surface area contributed by atoms with Crippen molar-refractivity contribution in [2.45, 2.75) is 64.0 Å². The van der Waals surface area contributed by atoms with Gasteiger partial charge in [0.15, 0.2) is 0 Å². The topological polar surface area (TPSA) is 52.6 Å². The molecule has 1 aliphatic carbocycles. The first-order chi connectivity index (χ1) is 11.1. The van der Waals surface area contributed by atoms with Crippen molar-refractivity contribution in [3.05, 3.63) is 29.8 Å². The molecule has 2 N–H and O–H groups in total. The number of benzene rings is 1. The minimum absolute atomic E-state index is 0.00686. The highest BCUT2D eigenvalue weighted by molar-refractivity contribution is 5.90. The molecule has 1 saturated carbocycles. The second-order valence-corrected chi connectivity index (χ2v) is 6.60. The third kappa shape index (κ3) is 5.63. The van der Waals surface area contributed by atoms with Gasteiger partial charge in [0.05, 0.1) is 6.10 Å². The normalized spacial score (nSPS) is 17.2. The van der Waals surface area contributed by atoms with Gasteiger partial charge in [-0.2, -0.15) is 0 Å². The second-order valence-electron chi connectivity index (χ2n) is 6.60. The fraction of sp³-hybridized carbons (Fsp3) is 0.632. The molecule has 0 spiro atoms. The van der Waals surface area contributed by atoms with Crippen LogP contribution in [0, 0.1) is 0 Å². The summed E-state index contributed by atoms with van der Waals surface area (Å²) >= 11 is 0. The number of anilines is 1. The number of carbonyl (C=O) groups excluding carboxylic acids is 1. The molecule has 1 aromatic carbocycles. The first kappa shape index (κ1) is 18.0. The van der Waals surface area contributed by atoms with Gasteiger partial charge < -0.3 is 15.3 Å². The van der Waals surface area contributed by atoms with Crippen molar-refractivity contribution in [2.24, 2.45) is 0 Å². The number of hydrogen-bond donors (Lipinski definition) is 2. The minimum Gasteiger partial charge on any atom is -0.388 e. The van der Waals surface area contributed by atoms with E-state index < -0.39 is 6.10 Å². The monoisotopic (exact) mass is 318 g/mol. The molecule has 1 amide bonds. The molecule has 4 nitrogen and oxygen atoms in total. The lowest BCUT2D eigenvalue weighted by Crippen LogP contribution is -2.34. The Morgan fingerprint density at radius 2 is 1.91 bits per heavy atom. The van der Waals surface area contributed by atoms with Crippen LogP contribution in [-0.4, -0.2) is 35.5 Å². The van der Waals surface area contributed by atoms with Crippen LogP contribution in [0.15, 0.2) is 24.3 Å². The van der Waals surface area contributed by atoms with Crippen molar-refractivity contribution in [1.82, 2.24) is 4.90 Å². The summed E-state index contributed by atoms with van der Waals surface area (Å²) in [4.78, 5) is 13.8. The number of hydrogen-bond acceptors (Lipinski definition) is 3. The van der Waals surface area contributed by atoms with Gasteiger partial charge in [0, 0.05) is 24.7 Å². The molecule has 2 rings (SSSR count). The number of rotatable bonds is 7. The van der Waals surface area contributed by atoms with Crippen molar-refractivity contribution in [2.75, 3.05) is 18.9 Å². The molecule has 1 atom stereocenters. The Balaban J connectivity index is 1.80. The molecular weight excluding hydrogens is 288 g/mol. The number of aliphatic hydroxyl groups is 1. The summed E-state index contributed by atoms with van der Waals surface area (Å²) < 4.78 is 0. The highest BCUT2D eigenvalue weighted by Gasteiger charge is 2.18. The highest BCUT2D eigenvalue weighted by atomic mass is 16.3. The molecule has 128 valence electrons. The summed E-state index contributed by atoms with van der Waals surface area (Å²) in [5, 5.41) is 13.2. The summed E-state index contributed by atoms with van der Waals surface area (Å²) in [6, 6.07) is 8.20. The molecule has 1 unspecified atom stereocenters. The maximum absolute atomic E-state index is 11.4. The largest absolute Gasteiger partial charge is 0.388 e. The van der Waals surface area contributed by atoms with Crippen LogP contribution in [0.5, 0.6) is 0 Å². The maximum atomic E-state index is 11.4. The molecule has 0 aromatic heterocycles. The molecule has 0 heterocycles. The lowest BCUT2D eigenvalue weighted by Gasteiger charge is -2.31. The zero-order valence-electron chi connectivity index (χ0n) is 14.4. The molecule has 0 saturated heterocycles. The van der Waals surface area contributed by atoms with Gasteiger partial charge in [-0.3, -0.25) is 4.79 Å². The lowest BCUT2D eigenvalue weighted by molar-refractivity contribution is -0.115. The van der Waals surface area contributed by atoms with Crippen LogP contribution in [0.25, 0.3) is 0 Å². The Morgan fingerprint density at radius 3 is 2.52 bits per heavy atom. The van der Waals surface area contributed by atoms with Crippen molar-refractivity contribution in [3.63, 3.8) is 0 Å². The fourth-order valence-corrected chi connectivity index (χ4v) is 3.23. The number of carbonyl (C=O) groups is 1. The van der Waals surface area contributed by atoms with Gasteiger partial charge in [-0.15, -0.1) is 0 Å². The predicted octanol–water partition coefficient (Wildman–Crippen LogP) is 3.72. The van der Waals surface area contributed by atoms with Gasteiger partial charge in [-0.1, -0.05) is 38.3 Å². The van der Waals surface area contributed by atoms with Gasteiger partial charge in [-0.05, 0) is 44.0 Å². The molecule has 0 bridgehead atoms. The SMILES string of the molecule is CCC(=O)Nc1ccc(C(O)CCN(C)C2CCCCC2)cc1. The molecule has 23 heavy (non-hydrogen) atoms. The average molecular weight is 318 g/mol. The Hall–Kier alpha value is -1.39. The van der Waals surface area contributed by atoms with Crippen LogP contribution in [0.3, 0.4) is 0 Å². The number of nitrogens with one attached hydrogen (secondary N) is 1. The zero-order valence-corrected chi connectivity index (χ0v) is 14.4. The third-order valence-electron chi connectivity index (χ3n) is 4.85. The van der Waals surface area contributed by atoms with Gasteiger partial charge in [0.2, 0.25) is 5.91 Å². The Labute approximate surface area is 139 Å². The van der Waals surface area contributed by atoms with Crippen LogP contribution in [0.4, 0.5) is 5.69 Å². The van der Waals surface area contributed by atoms with E-state index in [0.29, 0.717) is 12.5 Å². The van der Waals surface area contributed by atoms with E-state index in [1.807, 2.05) is 31.2 Å². The number of aliphatic hydroxyl groups excluding tert-OH is 1. The maximum Gasteiger partial charge on any atom is 0.224 e. The Kier molecular flexibility index (Phi) is 7.06. The summed E-state index contributed by atoms with van der Waals surface area (Å²) in [6.45, 7) is 2.75. The smallest absolute Gasteiger partial charge is 0.224 e. The van der Waals surface area contributed by atoms with E-state index in [0.717, 1.165) is 24.2 Å². The van der Waals surface area contributed by atoms with E-state index >= 15 is 0 Å². The van der Waals surface area contributed by atoms with E-state index in [-0.39, 0.29) is 5.91 Å². The van der Waals surface area contributed by atoms with E-state index in [1.54, 1.807) is 0 Å². The fourth-order valence-electron chi connectivity index (χ4n) is 3.23. The van der Waals surface area contributed by atoms with Crippen LogP contribution in [0.1, 0.15) is 63.5 Å². The predicted molar refractivity (Wildman–Crippen MR) is 94.4 cm³/mol. The number of amides is 1. The molecule has 0 radical (unpaired) electrons. The molecular formula is C19H30N2O2. The van der Waals surface area contributed by atoms with Gasteiger partial charge in [-0.25, -0.2) is 0 Å². The zero-order chi connectivity index (χ0) is 16.7. The van der Waals surface area contributed by atoms with E-state index in [9.17, 15) is 9.90 Å². The van der Waals surface area contributed by atoms with E-state index in [2.05, 4.69) is 17.3 Å². The van der Waals surface area contributed by atoms with Crippen molar-refractivity contribution in [3.8, 4) is 0 Å². The minimum atomic E-state index is -0.447. The van der Waals surface area contributed by atoms with Crippen LogP contribution < -0.4 is 5.32 Å². The summed E-state index contributed by atoms with van der Waals surface area (Å²) in [5.41, 5.74) is 1.70. The van der Waals surface area contributed by atoms with E-state index in [4.69, 9.17) is 0 Å². The van der Waals surface area contributed by atoms with Crippen LogP contribution in [0.2, 0.25) is 0 Å². The molecule has 1 aliphatic rings. The summed E-state index contributed by atoms with van der Waals surface area (Å²) in [7, 11) is 2.17. The molecule has 4 heteroatoms. The summed E-state index contributed by atoms with van der Waals surface area (Å²) in [5.74, 6) is 0.00686. The average Bonchev–Trinajstić information content (AvgIpc) is 2.60. The third-order valence-corrected chi connectivity index (χ3v) is 4.85. The highest BCUT2D eigenvalue weighted by Crippen LogP contribution is 2.24. The van der Waals surface area contributed by atoms with Gasteiger partial charge in [0.1, 0.15) is 0 Å². The first-order valence-electron chi connectivity index (χ1n) is 8.88. The van der Waals surface area contributed by atoms with Crippen molar-refractivity contribution >= 4 is 11.6 Å². The van der Waals surface area contributed by atoms with Crippen LogP contribution in [-0.2, 0) is 4.79 Å².